The maximum absolute atomic E-state index is 12.1. The second-order valence-corrected chi connectivity index (χ2v) is 8.33. The Kier molecular flexibility index (Phi) is 8.17. The van der Waals surface area contributed by atoms with Crippen LogP contribution in [0, 0.1) is 5.92 Å². The first-order valence-corrected chi connectivity index (χ1v) is 10.7. The molecular weight excluding hydrogens is 358 g/mol. The minimum absolute atomic E-state index is 0.0669. The van der Waals surface area contributed by atoms with E-state index in [2.05, 4.69) is 37.6 Å². The van der Waals surface area contributed by atoms with Crippen molar-refractivity contribution in [2.24, 2.45) is 5.92 Å². The van der Waals surface area contributed by atoms with Gasteiger partial charge in [0.05, 0.1) is 12.6 Å². The number of aromatic nitrogens is 4. The van der Waals surface area contributed by atoms with Gasteiger partial charge in [-0.3, -0.25) is 14.6 Å². The Balaban J connectivity index is 1.30. The number of hydrogen-bond acceptors (Lipinski definition) is 7. The lowest BCUT2D eigenvalue weighted by atomic mass is 9.99. The van der Waals surface area contributed by atoms with Gasteiger partial charge in [-0.05, 0) is 68.1 Å². The lowest BCUT2D eigenvalue weighted by Gasteiger charge is -2.29. The topological polar surface area (TPSA) is 99.4 Å². The summed E-state index contributed by atoms with van der Waals surface area (Å²) in [6.45, 7) is 9.12. The van der Waals surface area contributed by atoms with Gasteiger partial charge in [0.15, 0.2) is 5.82 Å². The van der Waals surface area contributed by atoms with Crippen LogP contribution in [0.1, 0.15) is 51.3 Å². The number of aliphatic hydroxyl groups excluding tert-OH is 1. The van der Waals surface area contributed by atoms with Gasteiger partial charge in [0, 0.05) is 32.6 Å². The predicted octanol–water partition coefficient (Wildman–Crippen LogP) is 0.258. The Hall–Kier alpha value is -1.58. The molecule has 3 rings (SSSR count). The van der Waals surface area contributed by atoms with E-state index in [1.807, 2.05) is 4.68 Å². The Labute approximate surface area is 167 Å². The van der Waals surface area contributed by atoms with Gasteiger partial charge in [-0.2, -0.15) is 0 Å². The molecule has 28 heavy (non-hydrogen) atoms. The number of piperidine rings is 2. The van der Waals surface area contributed by atoms with Gasteiger partial charge in [0.2, 0.25) is 5.91 Å². The second-order valence-electron chi connectivity index (χ2n) is 8.33. The van der Waals surface area contributed by atoms with Crippen LogP contribution in [-0.4, -0.2) is 86.4 Å². The zero-order valence-corrected chi connectivity index (χ0v) is 17.1. The molecule has 2 saturated heterocycles. The molecule has 3 heterocycles. The van der Waals surface area contributed by atoms with E-state index in [1.54, 1.807) is 0 Å². The average molecular weight is 394 g/mol. The molecule has 0 bridgehead atoms. The lowest BCUT2D eigenvalue weighted by Crippen LogP contribution is -2.42. The quantitative estimate of drug-likeness (QED) is 0.621. The van der Waals surface area contributed by atoms with E-state index in [0.29, 0.717) is 26.1 Å². The number of rotatable bonds is 9. The lowest BCUT2D eigenvalue weighted by molar-refractivity contribution is -0.121. The summed E-state index contributed by atoms with van der Waals surface area (Å²) in [5, 5.41) is 24.7. The minimum Gasteiger partial charge on any atom is -0.392 e. The number of aryl methyl sites for hydroxylation is 1. The zero-order chi connectivity index (χ0) is 19.8. The number of amides is 1. The summed E-state index contributed by atoms with van der Waals surface area (Å²) in [6, 6.07) is 0. The van der Waals surface area contributed by atoms with Gasteiger partial charge in [-0.25, -0.2) is 4.68 Å². The van der Waals surface area contributed by atoms with Crippen LogP contribution in [-0.2, 0) is 17.9 Å². The molecule has 1 atom stereocenters. The van der Waals surface area contributed by atoms with E-state index < -0.39 is 0 Å². The maximum atomic E-state index is 12.1. The number of aliphatic hydroxyl groups is 1. The summed E-state index contributed by atoms with van der Waals surface area (Å²) in [6.07, 6.45) is 5.37. The number of likely N-dealkylation sites (tertiary alicyclic amines) is 2. The number of tetrazole rings is 1. The van der Waals surface area contributed by atoms with Crippen molar-refractivity contribution in [3.05, 3.63) is 5.82 Å². The summed E-state index contributed by atoms with van der Waals surface area (Å²) >= 11 is 0. The number of carbonyl (C=O) groups is 1. The highest BCUT2D eigenvalue weighted by Crippen LogP contribution is 2.17. The van der Waals surface area contributed by atoms with E-state index in [1.165, 1.54) is 12.8 Å². The third-order valence-corrected chi connectivity index (χ3v) is 5.85. The van der Waals surface area contributed by atoms with Crippen LogP contribution in [0.25, 0.3) is 0 Å². The molecule has 9 nitrogen and oxygen atoms in total. The monoisotopic (exact) mass is 393 g/mol. The molecule has 0 saturated carbocycles. The first kappa shape index (κ1) is 21.1. The van der Waals surface area contributed by atoms with Gasteiger partial charge in [-0.1, -0.05) is 6.92 Å². The van der Waals surface area contributed by atoms with E-state index in [-0.39, 0.29) is 12.0 Å². The van der Waals surface area contributed by atoms with Crippen LogP contribution in [0.5, 0.6) is 0 Å². The second kappa shape index (κ2) is 10.8. The van der Waals surface area contributed by atoms with E-state index >= 15 is 0 Å². The van der Waals surface area contributed by atoms with Gasteiger partial charge >= 0.3 is 0 Å². The molecule has 0 spiro atoms. The molecule has 1 aromatic heterocycles. The zero-order valence-electron chi connectivity index (χ0n) is 17.1. The summed E-state index contributed by atoms with van der Waals surface area (Å²) in [5.41, 5.74) is 0. The van der Waals surface area contributed by atoms with E-state index in [0.717, 1.165) is 63.7 Å². The fourth-order valence-corrected chi connectivity index (χ4v) is 4.00. The third-order valence-electron chi connectivity index (χ3n) is 5.85. The molecule has 0 unspecified atom stereocenters. The fourth-order valence-electron chi connectivity index (χ4n) is 4.00. The summed E-state index contributed by atoms with van der Waals surface area (Å²) in [7, 11) is 0. The van der Waals surface area contributed by atoms with Crippen molar-refractivity contribution >= 4 is 5.91 Å². The summed E-state index contributed by atoms with van der Waals surface area (Å²) in [4.78, 5) is 16.7. The van der Waals surface area contributed by atoms with Crippen molar-refractivity contribution in [3.63, 3.8) is 0 Å². The van der Waals surface area contributed by atoms with Crippen molar-refractivity contribution in [2.45, 2.75) is 64.6 Å². The molecule has 2 aliphatic heterocycles. The normalized spacial score (nSPS) is 22.4. The number of β-amino-alcohol motifs (C(OH)–C–C–N with tert-alkyl or cyclic N) is 1. The first-order chi connectivity index (χ1) is 13.6. The third kappa shape index (κ3) is 6.79. The Morgan fingerprint density at radius 1 is 1.18 bits per heavy atom. The molecular formula is C19H35N7O2. The van der Waals surface area contributed by atoms with Crippen LogP contribution in [0.15, 0.2) is 0 Å². The molecule has 2 aliphatic rings. The minimum atomic E-state index is -0.219. The van der Waals surface area contributed by atoms with Gasteiger partial charge in [-0.15, -0.1) is 5.10 Å². The van der Waals surface area contributed by atoms with Crippen molar-refractivity contribution < 1.29 is 9.90 Å². The van der Waals surface area contributed by atoms with Crippen molar-refractivity contribution in [3.8, 4) is 0 Å². The van der Waals surface area contributed by atoms with Crippen LogP contribution in [0.3, 0.4) is 0 Å². The van der Waals surface area contributed by atoms with E-state index in [9.17, 15) is 9.90 Å². The molecule has 158 valence electrons. The Morgan fingerprint density at radius 2 is 2.00 bits per heavy atom. The molecule has 0 aromatic carbocycles. The Morgan fingerprint density at radius 3 is 2.79 bits per heavy atom. The van der Waals surface area contributed by atoms with Crippen molar-refractivity contribution in [2.75, 3.05) is 39.3 Å². The Bertz CT molecular complexity index is 601. The average Bonchev–Trinajstić information content (AvgIpc) is 3.11. The van der Waals surface area contributed by atoms with Crippen LogP contribution in [0.2, 0.25) is 0 Å². The predicted molar refractivity (Wildman–Crippen MR) is 105 cm³/mol. The van der Waals surface area contributed by atoms with Crippen molar-refractivity contribution in [1.82, 2.24) is 35.3 Å². The van der Waals surface area contributed by atoms with Gasteiger partial charge < -0.3 is 10.4 Å². The largest absolute Gasteiger partial charge is 0.392 e. The number of hydrogen-bond donors (Lipinski definition) is 2. The standard InChI is InChI=1S/C19H35N7O2/c1-16-6-11-25(12-7-16)15-18-21-22-23-26(18)10-3-5-19(28)20-8-13-24-9-2-4-17(27)14-24/h16-17,27H,2-15H2,1H3,(H,20,28)/t17-/m1/s1. The highest BCUT2D eigenvalue weighted by Gasteiger charge is 2.19. The number of nitrogens with zero attached hydrogens (tertiary/aromatic N) is 6. The smallest absolute Gasteiger partial charge is 0.220 e. The van der Waals surface area contributed by atoms with Gasteiger partial charge in [0.25, 0.3) is 0 Å². The molecule has 9 heteroatoms. The molecule has 2 N–H and O–H groups in total. The molecule has 1 amide bonds. The fraction of sp³-hybridized carbons (Fsp3) is 0.895. The van der Waals surface area contributed by atoms with Gasteiger partial charge in [0.1, 0.15) is 0 Å². The highest BCUT2D eigenvalue weighted by atomic mass is 16.3. The summed E-state index contributed by atoms with van der Waals surface area (Å²) < 4.78 is 1.83. The van der Waals surface area contributed by atoms with Crippen LogP contribution in [0.4, 0.5) is 0 Å². The molecule has 1 aromatic rings. The van der Waals surface area contributed by atoms with Crippen LogP contribution >= 0.6 is 0 Å². The van der Waals surface area contributed by atoms with Crippen LogP contribution < -0.4 is 5.32 Å². The maximum Gasteiger partial charge on any atom is 0.220 e. The van der Waals surface area contributed by atoms with Crippen molar-refractivity contribution in [1.29, 1.82) is 0 Å². The SMILES string of the molecule is CC1CCN(Cc2nnnn2CCCC(=O)NCCN2CCC[C@@H](O)C2)CC1. The van der Waals surface area contributed by atoms with E-state index in [4.69, 9.17) is 0 Å². The number of carbonyl (C=O) groups excluding carboxylic acids is 1. The number of nitrogens with one attached hydrogen (secondary N) is 1. The molecule has 2 fully saturated rings. The summed E-state index contributed by atoms with van der Waals surface area (Å²) in [5.74, 6) is 1.77. The first-order valence-electron chi connectivity index (χ1n) is 10.7. The highest BCUT2D eigenvalue weighted by molar-refractivity contribution is 5.75. The molecule has 0 aliphatic carbocycles. The molecule has 0 radical (unpaired) electrons.